The van der Waals surface area contributed by atoms with Crippen molar-refractivity contribution in [1.29, 1.82) is 0 Å². The van der Waals surface area contributed by atoms with Crippen molar-refractivity contribution in [2.24, 2.45) is 7.05 Å². The Kier molecular flexibility index (Phi) is 5.08. The van der Waals surface area contributed by atoms with Crippen LogP contribution in [0, 0.1) is 6.92 Å². The first kappa shape index (κ1) is 21.4. The molecule has 0 spiro atoms. The monoisotopic (exact) mass is 457 g/mol. The molecule has 0 saturated carbocycles. The van der Waals surface area contributed by atoms with Crippen LogP contribution in [0.25, 0.3) is 17.0 Å². The number of ether oxygens (including phenoxy) is 1. The Morgan fingerprint density at radius 3 is 2.64 bits per heavy atom. The standard InChI is InChI=1S/C22H22F3N7O/c1-13-9-31(12-19(33-13)16-11-30(3)29-14(16)2)21-26-7-6-17(28-21)18-8-27-20-5-4-15(10-32(18)20)22(23,24)25/h4-8,10-11,13,19H,9,12H2,1-3H3/t13-,19-/m1/s1. The molecule has 1 aliphatic heterocycles. The van der Waals surface area contributed by atoms with E-state index in [1.807, 2.05) is 32.0 Å². The van der Waals surface area contributed by atoms with Gasteiger partial charge in [-0.05, 0) is 32.0 Å². The Morgan fingerprint density at radius 1 is 1.09 bits per heavy atom. The molecule has 0 unspecified atom stereocenters. The molecular formula is C22H22F3N7O. The molecule has 4 aromatic rings. The quantitative estimate of drug-likeness (QED) is 0.466. The van der Waals surface area contributed by atoms with Gasteiger partial charge in [0, 0.05) is 37.7 Å². The fourth-order valence-electron chi connectivity index (χ4n) is 4.20. The lowest BCUT2D eigenvalue weighted by molar-refractivity contribution is -0.137. The molecule has 1 aliphatic rings. The number of aromatic nitrogens is 6. The zero-order valence-corrected chi connectivity index (χ0v) is 18.3. The number of rotatable bonds is 3. The van der Waals surface area contributed by atoms with Crippen LogP contribution in [-0.4, -0.2) is 48.3 Å². The third kappa shape index (κ3) is 4.04. The minimum atomic E-state index is -4.45. The van der Waals surface area contributed by atoms with Crippen molar-refractivity contribution in [2.75, 3.05) is 18.0 Å². The van der Waals surface area contributed by atoms with Crippen LogP contribution in [-0.2, 0) is 18.0 Å². The zero-order chi connectivity index (χ0) is 23.3. The van der Waals surface area contributed by atoms with Gasteiger partial charge in [-0.2, -0.15) is 18.3 Å². The molecule has 0 N–H and O–H groups in total. The first-order valence-electron chi connectivity index (χ1n) is 10.5. The minimum absolute atomic E-state index is 0.0687. The molecule has 0 amide bonds. The van der Waals surface area contributed by atoms with Gasteiger partial charge in [0.05, 0.1) is 41.5 Å². The van der Waals surface area contributed by atoms with E-state index >= 15 is 0 Å². The molecule has 0 bridgehead atoms. The van der Waals surface area contributed by atoms with E-state index in [-0.39, 0.29) is 12.2 Å². The highest BCUT2D eigenvalue weighted by atomic mass is 19.4. The molecule has 33 heavy (non-hydrogen) atoms. The summed E-state index contributed by atoms with van der Waals surface area (Å²) in [7, 11) is 1.87. The summed E-state index contributed by atoms with van der Waals surface area (Å²) in [5.41, 5.74) is 2.51. The molecular weight excluding hydrogens is 435 g/mol. The molecule has 8 nitrogen and oxygen atoms in total. The van der Waals surface area contributed by atoms with E-state index in [0.29, 0.717) is 36.1 Å². The molecule has 5 rings (SSSR count). The largest absolute Gasteiger partial charge is 0.417 e. The van der Waals surface area contributed by atoms with Crippen molar-refractivity contribution >= 4 is 11.6 Å². The Hall–Kier alpha value is -3.47. The van der Waals surface area contributed by atoms with E-state index in [9.17, 15) is 13.2 Å². The van der Waals surface area contributed by atoms with Crippen molar-refractivity contribution in [3.8, 4) is 11.4 Å². The summed E-state index contributed by atoms with van der Waals surface area (Å²) in [5.74, 6) is 0.483. The van der Waals surface area contributed by atoms with Crippen molar-refractivity contribution in [2.45, 2.75) is 32.2 Å². The summed E-state index contributed by atoms with van der Waals surface area (Å²) in [4.78, 5) is 15.4. The maximum absolute atomic E-state index is 13.2. The van der Waals surface area contributed by atoms with E-state index in [2.05, 4.69) is 20.1 Å². The summed E-state index contributed by atoms with van der Waals surface area (Å²) >= 11 is 0. The highest BCUT2D eigenvalue weighted by Gasteiger charge is 2.32. The number of pyridine rings is 1. The Labute approximate surface area is 187 Å². The molecule has 1 saturated heterocycles. The molecule has 2 atom stereocenters. The summed E-state index contributed by atoms with van der Waals surface area (Å²) < 4.78 is 49.0. The number of fused-ring (bicyclic) bond motifs is 1. The number of anilines is 1. The van der Waals surface area contributed by atoms with E-state index < -0.39 is 11.7 Å². The average Bonchev–Trinajstić information content (AvgIpc) is 3.34. The van der Waals surface area contributed by atoms with E-state index in [4.69, 9.17) is 4.74 Å². The van der Waals surface area contributed by atoms with Crippen LogP contribution in [0.4, 0.5) is 19.1 Å². The molecule has 0 aliphatic carbocycles. The first-order valence-corrected chi connectivity index (χ1v) is 10.5. The highest BCUT2D eigenvalue weighted by molar-refractivity contribution is 5.61. The fraction of sp³-hybridized carbons (Fsp3) is 0.364. The normalized spacial score (nSPS) is 19.4. The number of morpholine rings is 1. The SMILES string of the molecule is Cc1nn(C)cc1[C@H]1CN(c2nccc(-c3cnc4ccc(C(F)(F)F)cn34)n2)C[C@@H](C)O1. The molecule has 1 fully saturated rings. The predicted molar refractivity (Wildman–Crippen MR) is 115 cm³/mol. The van der Waals surface area contributed by atoms with Gasteiger partial charge in [0.1, 0.15) is 11.8 Å². The first-order chi connectivity index (χ1) is 15.7. The number of nitrogens with zero attached hydrogens (tertiary/aromatic N) is 7. The highest BCUT2D eigenvalue weighted by Crippen LogP contribution is 2.32. The van der Waals surface area contributed by atoms with Gasteiger partial charge in [-0.15, -0.1) is 0 Å². The Bertz CT molecular complexity index is 1310. The molecule has 11 heteroatoms. The Balaban J connectivity index is 1.49. The zero-order valence-electron chi connectivity index (χ0n) is 18.3. The van der Waals surface area contributed by atoms with Gasteiger partial charge in [0.15, 0.2) is 0 Å². The van der Waals surface area contributed by atoms with Gasteiger partial charge in [0.25, 0.3) is 0 Å². The number of hydrogen-bond acceptors (Lipinski definition) is 6. The molecule has 0 aromatic carbocycles. The number of halogens is 3. The van der Waals surface area contributed by atoms with Gasteiger partial charge in [-0.3, -0.25) is 9.08 Å². The number of hydrogen-bond donors (Lipinski definition) is 0. The third-order valence-corrected chi connectivity index (χ3v) is 5.68. The van der Waals surface area contributed by atoms with Crippen LogP contribution >= 0.6 is 0 Å². The molecule has 172 valence electrons. The summed E-state index contributed by atoms with van der Waals surface area (Å²) in [6.45, 7) is 5.05. The fourth-order valence-corrected chi connectivity index (χ4v) is 4.20. The topological polar surface area (TPSA) is 73.4 Å². The molecule has 4 aromatic heterocycles. The van der Waals surface area contributed by atoms with Crippen LogP contribution in [0.3, 0.4) is 0 Å². The molecule has 5 heterocycles. The van der Waals surface area contributed by atoms with Crippen LogP contribution in [0.5, 0.6) is 0 Å². The van der Waals surface area contributed by atoms with Crippen LogP contribution in [0.15, 0.2) is 43.0 Å². The van der Waals surface area contributed by atoms with Crippen LogP contribution in [0.2, 0.25) is 0 Å². The number of aryl methyl sites for hydroxylation is 2. The second kappa shape index (κ2) is 7.84. The maximum Gasteiger partial charge on any atom is 0.417 e. The van der Waals surface area contributed by atoms with Crippen molar-refractivity contribution in [3.05, 3.63) is 59.8 Å². The van der Waals surface area contributed by atoms with Crippen LogP contribution in [0.1, 0.15) is 29.8 Å². The van der Waals surface area contributed by atoms with E-state index in [1.165, 1.54) is 16.7 Å². The second-order valence-electron chi connectivity index (χ2n) is 8.21. The average molecular weight is 457 g/mol. The Morgan fingerprint density at radius 2 is 1.91 bits per heavy atom. The van der Waals surface area contributed by atoms with Crippen LogP contribution < -0.4 is 4.90 Å². The maximum atomic E-state index is 13.2. The summed E-state index contributed by atoms with van der Waals surface area (Å²) in [6.07, 6.45) is 1.40. The summed E-state index contributed by atoms with van der Waals surface area (Å²) in [5, 5.41) is 4.41. The van der Waals surface area contributed by atoms with Gasteiger partial charge in [0.2, 0.25) is 5.95 Å². The van der Waals surface area contributed by atoms with Crippen molar-refractivity contribution in [1.82, 2.24) is 29.1 Å². The minimum Gasteiger partial charge on any atom is -0.367 e. The van der Waals surface area contributed by atoms with Gasteiger partial charge < -0.3 is 9.64 Å². The predicted octanol–water partition coefficient (Wildman–Crippen LogP) is 3.82. The van der Waals surface area contributed by atoms with Crippen molar-refractivity contribution < 1.29 is 17.9 Å². The smallest absolute Gasteiger partial charge is 0.367 e. The summed E-state index contributed by atoms with van der Waals surface area (Å²) in [6, 6.07) is 4.03. The van der Waals surface area contributed by atoms with Gasteiger partial charge in [-0.1, -0.05) is 0 Å². The lowest BCUT2D eigenvalue weighted by Gasteiger charge is -2.36. The number of imidazole rings is 1. The lowest BCUT2D eigenvalue weighted by Crippen LogP contribution is -2.43. The number of alkyl halides is 3. The van der Waals surface area contributed by atoms with E-state index in [0.717, 1.165) is 23.5 Å². The molecule has 0 radical (unpaired) electrons. The van der Waals surface area contributed by atoms with Gasteiger partial charge >= 0.3 is 6.18 Å². The lowest BCUT2D eigenvalue weighted by atomic mass is 10.1. The third-order valence-electron chi connectivity index (χ3n) is 5.68. The van der Waals surface area contributed by atoms with Crippen molar-refractivity contribution in [3.63, 3.8) is 0 Å². The van der Waals surface area contributed by atoms with E-state index in [1.54, 1.807) is 16.9 Å². The second-order valence-corrected chi connectivity index (χ2v) is 8.21. The van der Waals surface area contributed by atoms with Gasteiger partial charge in [-0.25, -0.2) is 15.0 Å².